The second-order valence-electron chi connectivity index (χ2n) is 4.77. The minimum absolute atomic E-state index is 0.151. The lowest BCUT2D eigenvalue weighted by atomic mass is 9.91. The van der Waals surface area contributed by atoms with Crippen LogP contribution in [0.2, 0.25) is 0 Å². The third-order valence-corrected chi connectivity index (χ3v) is 4.54. The molecule has 19 heavy (non-hydrogen) atoms. The van der Waals surface area contributed by atoms with Crippen LogP contribution in [0.25, 0.3) is 0 Å². The summed E-state index contributed by atoms with van der Waals surface area (Å²) in [5, 5.41) is 0. The summed E-state index contributed by atoms with van der Waals surface area (Å²) in [6.07, 6.45) is 4.94. The van der Waals surface area contributed by atoms with E-state index in [0.29, 0.717) is 0 Å². The molecule has 0 aliphatic rings. The number of hydrogen-bond acceptors (Lipinski definition) is 1. The van der Waals surface area contributed by atoms with Crippen LogP contribution in [0, 0.1) is 0 Å². The van der Waals surface area contributed by atoms with E-state index in [1.165, 1.54) is 22.3 Å². The molecule has 0 saturated heterocycles. The van der Waals surface area contributed by atoms with Gasteiger partial charge in [-0.2, -0.15) is 0 Å². The number of furan rings is 1. The first kappa shape index (κ1) is 14.4. The van der Waals surface area contributed by atoms with Crippen molar-refractivity contribution in [3.8, 4) is 0 Å². The Morgan fingerprint density at radius 3 is 2.11 bits per heavy atom. The summed E-state index contributed by atoms with van der Waals surface area (Å²) in [6, 6.07) is 8.66. The standard InChI is InChI=1S/C17H21BrO/c1-4-12-10-13(5-2)16(14(6-3)11-12)17(18)15-8-7-9-19-15/h7-11,17H,4-6H2,1-3H3. The molecule has 0 aliphatic heterocycles. The van der Waals surface area contributed by atoms with Crippen molar-refractivity contribution < 1.29 is 4.42 Å². The van der Waals surface area contributed by atoms with Gasteiger partial charge in [0.15, 0.2) is 0 Å². The van der Waals surface area contributed by atoms with E-state index in [-0.39, 0.29) is 4.83 Å². The molecule has 1 unspecified atom stereocenters. The van der Waals surface area contributed by atoms with Crippen LogP contribution >= 0.6 is 15.9 Å². The Morgan fingerprint density at radius 1 is 1.05 bits per heavy atom. The van der Waals surface area contributed by atoms with Crippen molar-refractivity contribution in [3.05, 3.63) is 58.5 Å². The fourth-order valence-electron chi connectivity index (χ4n) is 2.54. The molecule has 0 N–H and O–H groups in total. The lowest BCUT2D eigenvalue weighted by Gasteiger charge is -2.19. The molecule has 0 bridgehead atoms. The molecule has 1 aromatic carbocycles. The third kappa shape index (κ3) is 2.94. The molecule has 0 aliphatic carbocycles. The zero-order valence-corrected chi connectivity index (χ0v) is 13.5. The molecule has 2 aromatic rings. The smallest absolute Gasteiger partial charge is 0.121 e. The molecule has 1 aromatic heterocycles. The van der Waals surface area contributed by atoms with Gasteiger partial charge in [0.1, 0.15) is 5.76 Å². The Balaban J connectivity index is 2.54. The molecule has 1 atom stereocenters. The van der Waals surface area contributed by atoms with E-state index in [0.717, 1.165) is 25.0 Å². The van der Waals surface area contributed by atoms with E-state index >= 15 is 0 Å². The summed E-state index contributed by atoms with van der Waals surface area (Å²) in [7, 11) is 0. The van der Waals surface area contributed by atoms with Gasteiger partial charge in [-0.1, -0.05) is 48.8 Å². The van der Waals surface area contributed by atoms with E-state index < -0.39 is 0 Å². The van der Waals surface area contributed by atoms with E-state index in [2.05, 4.69) is 48.8 Å². The predicted molar refractivity (Wildman–Crippen MR) is 84.1 cm³/mol. The Labute approximate surface area is 124 Å². The average molecular weight is 321 g/mol. The lowest BCUT2D eigenvalue weighted by Crippen LogP contribution is -2.04. The van der Waals surface area contributed by atoms with Gasteiger partial charge in [-0.15, -0.1) is 0 Å². The monoisotopic (exact) mass is 320 g/mol. The zero-order chi connectivity index (χ0) is 13.8. The molecule has 0 radical (unpaired) electrons. The largest absolute Gasteiger partial charge is 0.468 e. The van der Waals surface area contributed by atoms with Crippen molar-refractivity contribution in [3.63, 3.8) is 0 Å². The van der Waals surface area contributed by atoms with Crippen LogP contribution in [0.15, 0.2) is 34.9 Å². The van der Waals surface area contributed by atoms with Gasteiger partial charge in [-0.3, -0.25) is 0 Å². The van der Waals surface area contributed by atoms with Crippen molar-refractivity contribution >= 4 is 15.9 Å². The Morgan fingerprint density at radius 2 is 1.68 bits per heavy atom. The highest BCUT2D eigenvalue weighted by molar-refractivity contribution is 9.09. The Kier molecular flexibility index (Phi) is 4.87. The Bertz CT molecular complexity index is 503. The van der Waals surface area contributed by atoms with Gasteiger partial charge in [0.25, 0.3) is 0 Å². The van der Waals surface area contributed by atoms with Crippen LogP contribution in [0.1, 0.15) is 53.6 Å². The van der Waals surface area contributed by atoms with Gasteiger partial charge in [-0.05, 0) is 53.6 Å². The van der Waals surface area contributed by atoms with E-state index in [1.54, 1.807) is 6.26 Å². The number of hydrogen-bond donors (Lipinski definition) is 0. The van der Waals surface area contributed by atoms with Crippen molar-refractivity contribution in [1.82, 2.24) is 0 Å². The highest BCUT2D eigenvalue weighted by atomic mass is 79.9. The highest BCUT2D eigenvalue weighted by Crippen LogP contribution is 2.36. The summed E-state index contributed by atoms with van der Waals surface area (Å²) in [6.45, 7) is 6.66. The van der Waals surface area contributed by atoms with Crippen LogP contribution in [-0.2, 0) is 19.3 Å². The lowest BCUT2D eigenvalue weighted by molar-refractivity contribution is 0.518. The van der Waals surface area contributed by atoms with Gasteiger partial charge in [-0.25, -0.2) is 0 Å². The molecule has 0 spiro atoms. The first-order chi connectivity index (χ1) is 9.21. The highest BCUT2D eigenvalue weighted by Gasteiger charge is 2.20. The van der Waals surface area contributed by atoms with Crippen molar-refractivity contribution in [2.45, 2.75) is 44.9 Å². The number of benzene rings is 1. The summed E-state index contributed by atoms with van der Waals surface area (Å²) in [5.41, 5.74) is 5.66. The summed E-state index contributed by atoms with van der Waals surface area (Å²) in [4.78, 5) is 0.151. The minimum atomic E-state index is 0.151. The average Bonchev–Trinajstić information content (AvgIpc) is 2.99. The first-order valence-electron chi connectivity index (χ1n) is 7.03. The number of alkyl halides is 1. The number of halogens is 1. The van der Waals surface area contributed by atoms with E-state index in [1.807, 2.05) is 12.1 Å². The first-order valence-corrected chi connectivity index (χ1v) is 7.94. The fraction of sp³-hybridized carbons (Fsp3) is 0.412. The molecule has 1 heterocycles. The molecular formula is C17H21BrO. The predicted octanol–water partition coefficient (Wildman–Crippen LogP) is 5.45. The second kappa shape index (κ2) is 6.42. The van der Waals surface area contributed by atoms with Crippen molar-refractivity contribution in [1.29, 1.82) is 0 Å². The maximum absolute atomic E-state index is 5.56. The van der Waals surface area contributed by atoms with Crippen LogP contribution in [-0.4, -0.2) is 0 Å². The molecule has 1 nitrogen and oxygen atoms in total. The van der Waals surface area contributed by atoms with Gasteiger partial charge in [0, 0.05) is 0 Å². The molecule has 2 heteroatoms. The number of aryl methyl sites for hydroxylation is 3. The quantitative estimate of drug-likeness (QED) is 0.667. The van der Waals surface area contributed by atoms with Crippen molar-refractivity contribution in [2.75, 3.05) is 0 Å². The molecule has 102 valence electrons. The maximum atomic E-state index is 5.56. The van der Waals surface area contributed by atoms with Crippen LogP contribution in [0.4, 0.5) is 0 Å². The van der Waals surface area contributed by atoms with Gasteiger partial charge in [0.05, 0.1) is 11.1 Å². The molecule has 2 rings (SSSR count). The van der Waals surface area contributed by atoms with Crippen LogP contribution in [0.3, 0.4) is 0 Å². The summed E-state index contributed by atoms with van der Waals surface area (Å²) >= 11 is 3.81. The zero-order valence-electron chi connectivity index (χ0n) is 11.9. The molecular weight excluding hydrogens is 300 g/mol. The SMILES string of the molecule is CCc1cc(CC)c(C(Br)c2ccco2)c(CC)c1. The molecule has 0 saturated carbocycles. The summed E-state index contributed by atoms with van der Waals surface area (Å²) in [5.74, 6) is 0.980. The summed E-state index contributed by atoms with van der Waals surface area (Å²) < 4.78 is 5.56. The molecule has 0 fully saturated rings. The normalized spacial score (nSPS) is 12.6. The minimum Gasteiger partial charge on any atom is -0.468 e. The third-order valence-electron chi connectivity index (χ3n) is 3.63. The maximum Gasteiger partial charge on any atom is 0.121 e. The van der Waals surface area contributed by atoms with Gasteiger partial charge in [0.2, 0.25) is 0 Å². The van der Waals surface area contributed by atoms with E-state index in [9.17, 15) is 0 Å². The van der Waals surface area contributed by atoms with Crippen LogP contribution in [0.5, 0.6) is 0 Å². The van der Waals surface area contributed by atoms with Crippen LogP contribution < -0.4 is 0 Å². The van der Waals surface area contributed by atoms with E-state index in [4.69, 9.17) is 4.42 Å². The van der Waals surface area contributed by atoms with Crippen molar-refractivity contribution in [2.24, 2.45) is 0 Å². The van der Waals surface area contributed by atoms with Gasteiger partial charge < -0.3 is 4.42 Å². The Hall–Kier alpha value is -1.02. The molecule has 0 amide bonds. The number of rotatable bonds is 5. The second-order valence-corrected chi connectivity index (χ2v) is 5.68. The fourth-order valence-corrected chi connectivity index (χ4v) is 3.39. The topological polar surface area (TPSA) is 13.1 Å². The van der Waals surface area contributed by atoms with Gasteiger partial charge >= 0.3 is 0 Å².